The van der Waals surface area contributed by atoms with Crippen molar-refractivity contribution in [1.82, 2.24) is 14.6 Å². The van der Waals surface area contributed by atoms with Crippen molar-refractivity contribution in [2.24, 2.45) is 0 Å². The molecular formula is C9H8ClN3. The van der Waals surface area contributed by atoms with Gasteiger partial charge in [-0.25, -0.2) is 9.50 Å². The van der Waals surface area contributed by atoms with E-state index in [2.05, 4.69) is 22.2 Å². The number of halogens is 1. The molecule has 66 valence electrons. The Morgan fingerprint density at radius 2 is 2.31 bits per heavy atom. The number of rotatable bonds is 0. The molecule has 1 aliphatic rings. The Labute approximate surface area is 81.5 Å². The number of fused-ring (bicyclic) bond motifs is 2. The second kappa shape index (κ2) is 2.85. The molecule has 4 heteroatoms. The molecule has 13 heavy (non-hydrogen) atoms. The van der Waals surface area contributed by atoms with Crippen LogP contribution in [0, 0.1) is 0 Å². The third kappa shape index (κ3) is 1.12. The van der Waals surface area contributed by atoms with E-state index in [0.29, 0.717) is 0 Å². The Kier molecular flexibility index (Phi) is 1.81. The highest BCUT2D eigenvalue weighted by molar-refractivity contribution is 5.85. The van der Waals surface area contributed by atoms with Crippen LogP contribution in [0.5, 0.6) is 0 Å². The summed E-state index contributed by atoms with van der Waals surface area (Å²) >= 11 is 0. The Balaban J connectivity index is 0.000000653. The third-order valence-corrected chi connectivity index (χ3v) is 2.10. The van der Waals surface area contributed by atoms with Crippen LogP contribution in [0.15, 0.2) is 24.5 Å². The highest BCUT2D eigenvalue weighted by Crippen LogP contribution is 2.17. The van der Waals surface area contributed by atoms with Crippen molar-refractivity contribution in [1.29, 1.82) is 0 Å². The van der Waals surface area contributed by atoms with Crippen LogP contribution in [0.4, 0.5) is 0 Å². The Hall–Kier alpha value is -1.35. The topological polar surface area (TPSA) is 30.2 Å². The molecule has 2 aromatic heterocycles. The van der Waals surface area contributed by atoms with E-state index in [4.69, 9.17) is 0 Å². The van der Waals surface area contributed by atoms with Gasteiger partial charge in [0.15, 0.2) is 5.65 Å². The number of hydrogen-bond donors (Lipinski definition) is 0. The highest BCUT2D eigenvalue weighted by atomic mass is 35.5. The maximum Gasteiger partial charge on any atom is 0.155 e. The fraction of sp³-hybridized carbons (Fsp3) is 0.111. The summed E-state index contributed by atoms with van der Waals surface area (Å²) in [4.78, 5) is 4.45. The van der Waals surface area contributed by atoms with Crippen molar-refractivity contribution < 1.29 is 0 Å². The summed E-state index contributed by atoms with van der Waals surface area (Å²) in [6.07, 6.45) is 8.94. The lowest BCUT2D eigenvalue weighted by molar-refractivity contribution is 0.923. The summed E-state index contributed by atoms with van der Waals surface area (Å²) in [5.74, 6) is 0. The molecule has 3 nitrogen and oxygen atoms in total. The quantitative estimate of drug-likeness (QED) is 0.638. The summed E-state index contributed by atoms with van der Waals surface area (Å²) < 4.78 is 1.80. The van der Waals surface area contributed by atoms with Crippen molar-refractivity contribution in [2.45, 2.75) is 6.42 Å². The van der Waals surface area contributed by atoms with Crippen molar-refractivity contribution in [3.8, 4) is 0 Å². The number of nitrogens with zero attached hydrogens (tertiary/aromatic N) is 3. The van der Waals surface area contributed by atoms with Gasteiger partial charge < -0.3 is 0 Å². The van der Waals surface area contributed by atoms with Crippen molar-refractivity contribution in [3.05, 3.63) is 35.8 Å². The third-order valence-electron chi connectivity index (χ3n) is 2.10. The maximum absolute atomic E-state index is 4.45. The number of hydrogen-bond acceptors (Lipinski definition) is 2. The molecule has 0 radical (unpaired) electrons. The van der Waals surface area contributed by atoms with Gasteiger partial charge in [0.1, 0.15) is 0 Å². The van der Waals surface area contributed by atoms with Gasteiger partial charge in [0.25, 0.3) is 0 Å². The zero-order valence-corrected chi connectivity index (χ0v) is 7.66. The zero-order valence-electron chi connectivity index (χ0n) is 6.84. The van der Waals surface area contributed by atoms with Crippen LogP contribution in [-0.4, -0.2) is 14.6 Å². The van der Waals surface area contributed by atoms with Crippen molar-refractivity contribution in [2.75, 3.05) is 0 Å². The van der Waals surface area contributed by atoms with Gasteiger partial charge in [0.2, 0.25) is 0 Å². The summed E-state index contributed by atoms with van der Waals surface area (Å²) in [5, 5.41) is 4.12. The molecule has 0 saturated heterocycles. The molecule has 0 saturated carbocycles. The molecule has 0 aromatic carbocycles. The molecule has 2 aromatic rings. The first-order valence-corrected chi connectivity index (χ1v) is 3.93. The molecule has 2 heterocycles. The fourth-order valence-corrected chi connectivity index (χ4v) is 1.50. The van der Waals surface area contributed by atoms with Gasteiger partial charge in [-0.15, -0.1) is 12.4 Å². The van der Waals surface area contributed by atoms with E-state index in [-0.39, 0.29) is 12.4 Å². The van der Waals surface area contributed by atoms with Gasteiger partial charge in [-0.2, -0.15) is 5.10 Å². The zero-order chi connectivity index (χ0) is 7.97. The van der Waals surface area contributed by atoms with Crippen LogP contribution < -0.4 is 0 Å². The average Bonchev–Trinajstić information content (AvgIpc) is 2.64. The average molecular weight is 194 g/mol. The minimum absolute atomic E-state index is 0. The maximum atomic E-state index is 4.45. The summed E-state index contributed by atoms with van der Waals surface area (Å²) in [7, 11) is 0. The first kappa shape index (κ1) is 8.26. The van der Waals surface area contributed by atoms with Crippen LogP contribution in [0.25, 0.3) is 11.7 Å². The molecular weight excluding hydrogens is 186 g/mol. The largest absolute Gasteiger partial charge is 0.233 e. The SMILES string of the molecule is C1=Cc2cn3nccc3nc2C1.Cl. The molecule has 0 aliphatic heterocycles. The number of allylic oxidation sites excluding steroid dienone is 1. The van der Waals surface area contributed by atoms with E-state index >= 15 is 0 Å². The summed E-state index contributed by atoms with van der Waals surface area (Å²) in [5.41, 5.74) is 3.27. The molecule has 0 unspecified atom stereocenters. The van der Waals surface area contributed by atoms with Gasteiger partial charge in [-0.05, 0) is 0 Å². The molecule has 3 rings (SSSR count). The molecule has 0 N–H and O–H groups in total. The smallest absolute Gasteiger partial charge is 0.155 e. The molecule has 1 aliphatic carbocycles. The van der Waals surface area contributed by atoms with E-state index < -0.39 is 0 Å². The Morgan fingerprint density at radius 3 is 3.23 bits per heavy atom. The number of aromatic nitrogens is 3. The highest BCUT2D eigenvalue weighted by Gasteiger charge is 2.07. The van der Waals surface area contributed by atoms with Gasteiger partial charge in [-0.3, -0.25) is 0 Å². The van der Waals surface area contributed by atoms with Gasteiger partial charge in [0, 0.05) is 24.2 Å². The predicted molar refractivity (Wildman–Crippen MR) is 53.0 cm³/mol. The van der Waals surface area contributed by atoms with Crippen molar-refractivity contribution >= 4 is 24.1 Å². The van der Waals surface area contributed by atoms with Crippen LogP contribution >= 0.6 is 12.4 Å². The Morgan fingerprint density at radius 1 is 1.38 bits per heavy atom. The summed E-state index contributed by atoms with van der Waals surface area (Å²) in [6, 6.07) is 1.92. The van der Waals surface area contributed by atoms with Crippen LogP contribution in [-0.2, 0) is 6.42 Å². The summed E-state index contributed by atoms with van der Waals surface area (Å²) in [6.45, 7) is 0. The molecule has 0 fully saturated rings. The normalized spacial score (nSPS) is 12.9. The second-order valence-electron chi connectivity index (χ2n) is 2.88. The molecule has 0 bridgehead atoms. The lowest BCUT2D eigenvalue weighted by Crippen LogP contribution is -1.95. The lowest BCUT2D eigenvalue weighted by atomic mass is 10.3. The van der Waals surface area contributed by atoms with E-state index in [1.54, 1.807) is 10.7 Å². The molecule has 0 amide bonds. The first-order chi connectivity index (χ1) is 5.93. The van der Waals surface area contributed by atoms with Crippen LogP contribution in [0.2, 0.25) is 0 Å². The molecule has 0 atom stereocenters. The Bertz CT molecular complexity index is 473. The standard InChI is InChI=1S/C9H7N3.ClH/c1-2-7-6-12-9(4-5-10-12)11-8(7)3-1;/h1-2,4-6H,3H2;1H. The van der Waals surface area contributed by atoms with Gasteiger partial charge >= 0.3 is 0 Å². The van der Waals surface area contributed by atoms with E-state index in [1.807, 2.05) is 12.3 Å². The van der Waals surface area contributed by atoms with Crippen molar-refractivity contribution in [3.63, 3.8) is 0 Å². The first-order valence-electron chi connectivity index (χ1n) is 3.93. The minimum Gasteiger partial charge on any atom is -0.233 e. The lowest BCUT2D eigenvalue weighted by Gasteiger charge is -1.97. The second-order valence-corrected chi connectivity index (χ2v) is 2.88. The molecule has 0 spiro atoms. The van der Waals surface area contributed by atoms with Crippen LogP contribution in [0.3, 0.4) is 0 Å². The van der Waals surface area contributed by atoms with Gasteiger partial charge in [-0.1, -0.05) is 12.2 Å². The monoisotopic (exact) mass is 193 g/mol. The fourth-order valence-electron chi connectivity index (χ4n) is 1.50. The predicted octanol–water partition coefficient (Wildman–Crippen LogP) is 1.72. The minimum atomic E-state index is 0. The van der Waals surface area contributed by atoms with E-state index in [9.17, 15) is 0 Å². The van der Waals surface area contributed by atoms with E-state index in [1.165, 1.54) is 5.56 Å². The van der Waals surface area contributed by atoms with Gasteiger partial charge in [0.05, 0.1) is 11.9 Å². The van der Waals surface area contributed by atoms with E-state index in [0.717, 1.165) is 17.8 Å². The van der Waals surface area contributed by atoms with Crippen LogP contribution in [0.1, 0.15) is 11.3 Å².